The molecule has 0 radical (unpaired) electrons. The molecule has 2 rings (SSSR count). The lowest BCUT2D eigenvalue weighted by atomic mass is 9.96. The molecular weight excluding hydrogens is 282 g/mol. The lowest BCUT2D eigenvalue weighted by Crippen LogP contribution is -2.39. The van der Waals surface area contributed by atoms with Gasteiger partial charge in [0.1, 0.15) is 0 Å². The zero-order valence-corrected chi connectivity index (χ0v) is 15.0. The van der Waals surface area contributed by atoms with Crippen LogP contribution in [-0.4, -0.2) is 29.8 Å². The van der Waals surface area contributed by atoms with E-state index in [9.17, 15) is 4.79 Å². The van der Waals surface area contributed by atoms with Crippen molar-refractivity contribution < 1.29 is 4.79 Å². The second-order valence-electron chi connectivity index (χ2n) is 6.88. The highest BCUT2D eigenvalue weighted by Crippen LogP contribution is 2.21. The molecule has 1 heterocycles. The average Bonchev–Trinajstić information content (AvgIpc) is 3.12. The SMILES string of the molecule is CCCCCCCC(C(=O)c1ccc(CC)cc1)N1CCCC1. The number of nitrogens with zero attached hydrogens (tertiary/aromatic N) is 1. The Bertz CT molecular complexity index is 459. The highest BCUT2D eigenvalue weighted by Gasteiger charge is 2.28. The molecule has 1 saturated heterocycles. The Hall–Kier alpha value is -1.15. The second kappa shape index (κ2) is 9.87. The second-order valence-corrected chi connectivity index (χ2v) is 6.88. The normalized spacial score (nSPS) is 16.6. The fraction of sp³-hybridized carbons (Fsp3) is 0.667. The predicted octanol–water partition coefficient (Wildman–Crippen LogP) is 5.26. The van der Waals surface area contributed by atoms with Crippen LogP contribution in [0.25, 0.3) is 0 Å². The predicted molar refractivity (Wildman–Crippen MR) is 98.1 cm³/mol. The zero-order chi connectivity index (χ0) is 16.5. The Morgan fingerprint density at radius 1 is 1.00 bits per heavy atom. The number of ketones is 1. The van der Waals surface area contributed by atoms with Crippen LogP contribution < -0.4 is 0 Å². The van der Waals surface area contributed by atoms with Crippen LogP contribution in [0.3, 0.4) is 0 Å². The minimum Gasteiger partial charge on any atom is -0.293 e. The lowest BCUT2D eigenvalue weighted by molar-refractivity contribution is 0.0834. The molecule has 0 aliphatic carbocycles. The molecule has 1 aliphatic rings. The molecule has 0 amide bonds. The Kier molecular flexibility index (Phi) is 7.81. The maximum absolute atomic E-state index is 13.0. The van der Waals surface area contributed by atoms with Crippen LogP contribution in [0, 0.1) is 0 Å². The van der Waals surface area contributed by atoms with Crippen molar-refractivity contribution in [2.45, 2.75) is 77.7 Å². The largest absolute Gasteiger partial charge is 0.293 e. The molecular formula is C21H33NO. The molecule has 23 heavy (non-hydrogen) atoms. The quantitative estimate of drug-likeness (QED) is 0.434. The van der Waals surface area contributed by atoms with Gasteiger partial charge in [0.25, 0.3) is 0 Å². The first-order valence-electron chi connectivity index (χ1n) is 9.63. The molecule has 1 atom stereocenters. The summed E-state index contributed by atoms with van der Waals surface area (Å²) >= 11 is 0. The molecule has 0 spiro atoms. The first-order valence-corrected chi connectivity index (χ1v) is 9.63. The van der Waals surface area contributed by atoms with Crippen LogP contribution in [0.5, 0.6) is 0 Å². The highest BCUT2D eigenvalue weighted by molar-refractivity contribution is 6.00. The van der Waals surface area contributed by atoms with E-state index < -0.39 is 0 Å². The van der Waals surface area contributed by atoms with Gasteiger partial charge in [0.2, 0.25) is 0 Å². The number of benzene rings is 1. The molecule has 0 N–H and O–H groups in total. The molecule has 2 nitrogen and oxygen atoms in total. The first kappa shape index (κ1) is 18.2. The van der Waals surface area contributed by atoms with Gasteiger partial charge < -0.3 is 0 Å². The molecule has 128 valence electrons. The summed E-state index contributed by atoms with van der Waals surface area (Å²) in [6.07, 6.45) is 10.9. The van der Waals surface area contributed by atoms with Crippen LogP contribution in [0.2, 0.25) is 0 Å². The summed E-state index contributed by atoms with van der Waals surface area (Å²) in [7, 11) is 0. The van der Waals surface area contributed by atoms with Gasteiger partial charge in [-0.25, -0.2) is 0 Å². The standard InChI is InChI=1S/C21H33NO/c1-3-5-6-7-8-11-20(22-16-9-10-17-22)21(23)19-14-12-18(4-2)13-15-19/h12-15,20H,3-11,16-17H2,1-2H3. The van der Waals surface area contributed by atoms with Crippen LogP contribution in [0.15, 0.2) is 24.3 Å². The van der Waals surface area contributed by atoms with Crippen molar-refractivity contribution >= 4 is 5.78 Å². The number of unbranched alkanes of at least 4 members (excludes halogenated alkanes) is 4. The van der Waals surface area contributed by atoms with Crippen molar-refractivity contribution in [3.05, 3.63) is 35.4 Å². The number of Topliss-reactive ketones (excluding diaryl/α,β-unsaturated/α-hetero) is 1. The number of rotatable bonds is 10. The number of carbonyl (C=O) groups is 1. The molecule has 1 aromatic rings. The van der Waals surface area contributed by atoms with Crippen molar-refractivity contribution in [1.82, 2.24) is 4.90 Å². The zero-order valence-electron chi connectivity index (χ0n) is 15.0. The third-order valence-electron chi connectivity index (χ3n) is 5.11. The molecule has 0 aromatic heterocycles. The van der Waals surface area contributed by atoms with Gasteiger partial charge in [-0.05, 0) is 44.3 Å². The van der Waals surface area contributed by atoms with Crippen LogP contribution in [0.1, 0.15) is 81.1 Å². The fourth-order valence-corrected chi connectivity index (χ4v) is 3.57. The van der Waals surface area contributed by atoms with E-state index in [2.05, 4.69) is 30.9 Å². The number of carbonyl (C=O) groups excluding carboxylic acids is 1. The van der Waals surface area contributed by atoms with E-state index in [1.54, 1.807) is 0 Å². The Balaban J connectivity index is 1.98. The van der Waals surface area contributed by atoms with E-state index in [1.165, 1.54) is 50.5 Å². The van der Waals surface area contributed by atoms with Gasteiger partial charge >= 0.3 is 0 Å². The first-order chi connectivity index (χ1) is 11.3. The number of aryl methyl sites for hydroxylation is 1. The summed E-state index contributed by atoms with van der Waals surface area (Å²) in [6, 6.07) is 8.37. The van der Waals surface area contributed by atoms with E-state index in [1.807, 2.05) is 12.1 Å². The summed E-state index contributed by atoms with van der Waals surface area (Å²) in [5.41, 5.74) is 2.20. The van der Waals surface area contributed by atoms with E-state index in [0.717, 1.165) is 31.5 Å². The van der Waals surface area contributed by atoms with Gasteiger partial charge in [-0.2, -0.15) is 0 Å². The van der Waals surface area contributed by atoms with Crippen LogP contribution in [0.4, 0.5) is 0 Å². The minimum atomic E-state index is 0.103. The topological polar surface area (TPSA) is 20.3 Å². The fourth-order valence-electron chi connectivity index (χ4n) is 3.57. The molecule has 0 bridgehead atoms. The van der Waals surface area contributed by atoms with Gasteiger partial charge in [0.15, 0.2) is 5.78 Å². The molecule has 1 fully saturated rings. The summed E-state index contributed by atoms with van der Waals surface area (Å²) in [4.78, 5) is 15.4. The molecule has 0 saturated carbocycles. The van der Waals surface area contributed by atoms with Gasteiger partial charge in [-0.15, -0.1) is 0 Å². The Labute approximate surface area is 142 Å². The maximum Gasteiger partial charge on any atom is 0.179 e. The van der Waals surface area contributed by atoms with Gasteiger partial charge in [-0.1, -0.05) is 70.2 Å². The van der Waals surface area contributed by atoms with Crippen molar-refractivity contribution in [2.24, 2.45) is 0 Å². The third-order valence-corrected chi connectivity index (χ3v) is 5.11. The van der Waals surface area contributed by atoms with E-state index >= 15 is 0 Å². The van der Waals surface area contributed by atoms with Gasteiger partial charge in [0, 0.05) is 5.56 Å². The van der Waals surface area contributed by atoms with Crippen molar-refractivity contribution in [3.63, 3.8) is 0 Å². The smallest absolute Gasteiger partial charge is 0.179 e. The lowest BCUT2D eigenvalue weighted by Gasteiger charge is -2.26. The molecule has 1 aliphatic heterocycles. The van der Waals surface area contributed by atoms with Crippen molar-refractivity contribution in [1.29, 1.82) is 0 Å². The molecule has 1 unspecified atom stereocenters. The Morgan fingerprint density at radius 3 is 2.26 bits per heavy atom. The number of likely N-dealkylation sites (tertiary alicyclic amines) is 1. The maximum atomic E-state index is 13.0. The monoisotopic (exact) mass is 315 g/mol. The molecule has 1 aromatic carbocycles. The van der Waals surface area contributed by atoms with Crippen molar-refractivity contribution in [3.8, 4) is 0 Å². The third kappa shape index (κ3) is 5.46. The van der Waals surface area contributed by atoms with Crippen LogP contribution >= 0.6 is 0 Å². The van der Waals surface area contributed by atoms with Crippen molar-refractivity contribution in [2.75, 3.05) is 13.1 Å². The van der Waals surface area contributed by atoms with Crippen LogP contribution in [-0.2, 0) is 6.42 Å². The van der Waals surface area contributed by atoms with E-state index in [-0.39, 0.29) is 6.04 Å². The average molecular weight is 316 g/mol. The number of hydrogen-bond donors (Lipinski definition) is 0. The summed E-state index contributed by atoms with van der Waals surface area (Å²) in [6.45, 7) is 6.59. The highest BCUT2D eigenvalue weighted by atomic mass is 16.1. The minimum absolute atomic E-state index is 0.103. The summed E-state index contributed by atoms with van der Waals surface area (Å²) < 4.78 is 0. The van der Waals surface area contributed by atoms with Gasteiger partial charge in [-0.3, -0.25) is 9.69 Å². The summed E-state index contributed by atoms with van der Waals surface area (Å²) in [5, 5.41) is 0. The summed E-state index contributed by atoms with van der Waals surface area (Å²) in [5.74, 6) is 0.338. The number of hydrogen-bond acceptors (Lipinski definition) is 2. The Morgan fingerprint density at radius 2 is 1.65 bits per heavy atom. The van der Waals surface area contributed by atoms with E-state index in [0.29, 0.717) is 5.78 Å². The van der Waals surface area contributed by atoms with E-state index in [4.69, 9.17) is 0 Å². The molecule has 2 heteroatoms. The van der Waals surface area contributed by atoms with Gasteiger partial charge in [0.05, 0.1) is 6.04 Å².